The third-order valence-electron chi connectivity index (χ3n) is 5.32. The Morgan fingerprint density at radius 2 is 1.65 bits per heavy atom. The molecule has 1 N–H and O–H groups in total. The van der Waals surface area contributed by atoms with E-state index in [1.807, 2.05) is 32.9 Å². The van der Waals surface area contributed by atoms with Crippen molar-refractivity contribution in [2.24, 2.45) is 0 Å². The molecule has 1 aliphatic rings. The number of aryl methyl sites for hydroxylation is 3. The van der Waals surface area contributed by atoms with Gasteiger partial charge < -0.3 is 5.32 Å². The number of anilines is 1. The summed E-state index contributed by atoms with van der Waals surface area (Å²) in [7, 11) is -3.59. The Bertz CT molecular complexity index is 1220. The lowest BCUT2D eigenvalue weighted by atomic mass is 10.1. The first-order chi connectivity index (χ1) is 14.7. The number of hydrogen-bond donors (Lipinski definition) is 1. The molecule has 4 rings (SSSR count). The number of nitrogens with zero attached hydrogens (tertiary/aromatic N) is 3. The smallest absolute Gasteiger partial charge is 0.256 e. The van der Waals surface area contributed by atoms with Crippen molar-refractivity contribution >= 4 is 21.7 Å². The van der Waals surface area contributed by atoms with Crippen LogP contribution in [0.2, 0.25) is 0 Å². The molecule has 162 valence electrons. The van der Waals surface area contributed by atoms with Gasteiger partial charge >= 0.3 is 0 Å². The Morgan fingerprint density at radius 3 is 2.32 bits per heavy atom. The number of hydrogen-bond acceptors (Lipinski definition) is 4. The van der Waals surface area contributed by atoms with E-state index in [0.717, 1.165) is 35.3 Å². The van der Waals surface area contributed by atoms with Crippen molar-refractivity contribution in [3.8, 4) is 5.69 Å². The molecule has 8 heteroatoms. The van der Waals surface area contributed by atoms with Crippen LogP contribution >= 0.6 is 0 Å². The molecule has 1 fully saturated rings. The molecule has 31 heavy (non-hydrogen) atoms. The number of nitrogens with one attached hydrogen (secondary N) is 1. The zero-order valence-corrected chi connectivity index (χ0v) is 18.7. The van der Waals surface area contributed by atoms with E-state index in [9.17, 15) is 13.2 Å². The van der Waals surface area contributed by atoms with Gasteiger partial charge in [-0.25, -0.2) is 13.1 Å². The fourth-order valence-corrected chi connectivity index (χ4v) is 5.49. The maximum atomic E-state index is 13.0. The molecule has 1 aliphatic heterocycles. The van der Waals surface area contributed by atoms with Gasteiger partial charge in [-0.15, -0.1) is 0 Å². The van der Waals surface area contributed by atoms with Crippen molar-refractivity contribution in [3.05, 3.63) is 70.9 Å². The number of amides is 1. The van der Waals surface area contributed by atoms with Crippen molar-refractivity contribution in [3.63, 3.8) is 0 Å². The first kappa shape index (κ1) is 21.3. The maximum Gasteiger partial charge on any atom is 0.256 e. The highest BCUT2D eigenvalue weighted by molar-refractivity contribution is 7.89. The zero-order chi connectivity index (χ0) is 22.2. The van der Waals surface area contributed by atoms with Gasteiger partial charge in [-0.1, -0.05) is 12.1 Å². The molecular formula is C23H26N4O3S. The van der Waals surface area contributed by atoms with Crippen LogP contribution in [0.5, 0.6) is 0 Å². The van der Waals surface area contributed by atoms with Crippen LogP contribution in [0, 0.1) is 20.8 Å². The molecular weight excluding hydrogens is 412 g/mol. The first-order valence-corrected chi connectivity index (χ1v) is 11.7. The summed E-state index contributed by atoms with van der Waals surface area (Å²) in [5.74, 6) is 0.143. The summed E-state index contributed by atoms with van der Waals surface area (Å²) in [6.45, 7) is 6.92. The Balaban J connectivity index is 1.63. The van der Waals surface area contributed by atoms with Crippen molar-refractivity contribution in [2.75, 3.05) is 18.4 Å². The minimum Gasteiger partial charge on any atom is -0.306 e. The second-order valence-corrected chi connectivity index (χ2v) is 9.96. The molecule has 2 heterocycles. The number of benzene rings is 2. The van der Waals surface area contributed by atoms with Crippen molar-refractivity contribution in [2.45, 2.75) is 38.5 Å². The molecule has 2 aromatic carbocycles. The Hall–Kier alpha value is -2.97. The SMILES string of the molecule is Cc1cc(C)cc(-n2nc(C)cc2NC(=O)c2cccc(S(=O)(=O)N3CCCC3)c2)c1. The summed E-state index contributed by atoms with van der Waals surface area (Å²) in [6, 6.07) is 14.1. The molecule has 0 spiro atoms. The van der Waals surface area contributed by atoms with Gasteiger partial charge in [-0.3, -0.25) is 4.79 Å². The first-order valence-electron chi connectivity index (χ1n) is 10.3. The van der Waals surface area contributed by atoms with E-state index in [1.165, 1.54) is 16.4 Å². The highest BCUT2D eigenvalue weighted by Crippen LogP contribution is 2.23. The maximum absolute atomic E-state index is 13.0. The van der Waals surface area contributed by atoms with Crippen LogP contribution in [0.1, 0.15) is 40.0 Å². The van der Waals surface area contributed by atoms with Crippen LogP contribution in [0.25, 0.3) is 5.69 Å². The van der Waals surface area contributed by atoms with Gasteiger partial charge in [0.25, 0.3) is 5.91 Å². The van der Waals surface area contributed by atoms with Gasteiger partial charge in [0.1, 0.15) is 5.82 Å². The number of rotatable bonds is 5. The molecule has 1 aromatic heterocycles. The number of sulfonamides is 1. The van der Waals surface area contributed by atoms with E-state index >= 15 is 0 Å². The molecule has 0 atom stereocenters. The minimum absolute atomic E-state index is 0.140. The molecule has 0 saturated carbocycles. The van der Waals surface area contributed by atoms with Crippen LogP contribution in [-0.4, -0.2) is 41.5 Å². The number of carbonyl (C=O) groups is 1. The van der Waals surface area contributed by atoms with Gasteiger partial charge in [0.15, 0.2) is 0 Å². The van der Waals surface area contributed by atoms with Crippen LogP contribution in [-0.2, 0) is 10.0 Å². The Kier molecular flexibility index (Phi) is 5.68. The summed E-state index contributed by atoms with van der Waals surface area (Å²) in [4.78, 5) is 13.1. The standard InChI is InChI=1S/C23H26N4O3S/c1-16-11-17(2)13-20(12-16)27-22(14-18(3)25-27)24-23(28)19-7-6-8-21(15-19)31(29,30)26-9-4-5-10-26/h6-8,11-15H,4-5,9-10H2,1-3H3,(H,24,28). The summed E-state index contributed by atoms with van der Waals surface area (Å²) in [5.41, 5.74) is 4.10. The third-order valence-corrected chi connectivity index (χ3v) is 7.22. The molecule has 0 aliphatic carbocycles. The van der Waals surface area contributed by atoms with Crippen molar-refractivity contribution in [1.82, 2.24) is 14.1 Å². The van der Waals surface area contributed by atoms with E-state index in [4.69, 9.17) is 0 Å². The van der Waals surface area contributed by atoms with Crippen LogP contribution < -0.4 is 5.32 Å². The highest BCUT2D eigenvalue weighted by atomic mass is 32.2. The van der Waals surface area contributed by atoms with Crippen molar-refractivity contribution in [1.29, 1.82) is 0 Å². The van der Waals surface area contributed by atoms with E-state index in [0.29, 0.717) is 18.9 Å². The lowest BCUT2D eigenvalue weighted by Crippen LogP contribution is -2.28. The lowest BCUT2D eigenvalue weighted by molar-refractivity contribution is 0.102. The zero-order valence-electron chi connectivity index (χ0n) is 17.9. The molecule has 0 bridgehead atoms. The average Bonchev–Trinajstić information content (AvgIpc) is 3.38. The van der Waals surface area contributed by atoms with E-state index in [-0.39, 0.29) is 16.4 Å². The highest BCUT2D eigenvalue weighted by Gasteiger charge is 2.27. The summed E-state index contributed by atoms with van der Waals surface area (Å²) >= 11 is 0. The molecule has 7 nitrogen and oxygen atoms in total. The quantitative estimate of drug-likeness (QED) is 0.656. The van der Waals surface area contributed by atoms with Crippen LogP contribution in [0.3, 0.4) is 0 Å². The van der Waals surface area contributed by atoms with Crippen LogP contribution in [0.4, 0.5) is 5.82 Å². The fraction of sp³-hybridized carbons (Fsp3) is 0.304. The van der Waals surface area contributed by atoms with Gasteiger partial charge in [0, 0.05) is 24.7 Å². The topological polar surface area (TPSA) is 84.3 Å². The third kappa shape index (κ3) is 4.40. The lowest BCUT2D eigenvalue weighted by Gasteiger charge is -2.16. The van der Waals surface area contributed by atoms with Crippen molar-refractivity contribution < 1.29 is 13.2 Å². The van der Waals surface area contributed by atoms with E-state index < -0.39 is 10.0 Å². The average molecular weight is 439 g/mol. The number of aromatic nitrogens is 2. The number of carbonyl (C=O) groups excluding carboxylic acids is 1. The second-order valence-electron chi connectivity index (χ2n) is 8.02. The van der Waals surface area contributed by atoms with Gasteiger partial charge in [0.2, 0.25) is 10.0 Å². The molecule has 0 radical (unpaired) electrons. The van der Waals surface area contributed by atoms with Crippen LogP contribution in [0.15, 0.2) is 53.4 Å². The summed E-state index contributed by atoms with van der Waals surface area (Å²) < 4.78 is 28.9. The molecule has 1 saturated heterocycles. The monoisotopic (exact) mass is 438 g/mol. The predicted molar refractivity (Wildman–Crippen MR) is 120 cm³/mol. The van der Waals surface area contributed by atoms with Gasteiger partial charge in [-0.2, -0.15) is 9.40 Å². The Morgan fingerprint density at radius 1 is 0.968 bits per heavy atom. The van der Waals surface area contributed by atoms with E-state index in [1.54, 1.807) is 22.9 Å². The molecule has 3 aromatic rings. The summed E-state index contributed by atoms with van der Waals surface area (Å²) in [5, 5.41) is 7.40. The fourth-order valence-electron chi connectivity index (χ4n) is 3.92. The predicted octanol–water partition coefficient (Wildman–Crippen LogP) is 3.83. The normalized spacial score (nSPS) is 14.7. The largest absolute Gasteiger partial charge is 0.306 e. The van der Waals surface area contributed by atoms with Gasteiger partial charge in [0.05, 0.1) is 16.3 Å². The van der Waals surface area contributed by atoms with E-state index in [2.05, 4.69) is 16.5 Å². The molecule has 1 amide bonds. The van der Waals surface area contributed by atoms with Gasteiger partial charge in [-0.05, 0) is 75.1 Å². The Labute approximate surface area is 182 Å². The summed E-state index contributed by atoms with van der Waals surface area (Å²) in [6.07, 6.45) is 1.72. The minimum atomic E-state index is -3.59. The molecule has 0 unspecified atom stereocenters. The second kappa shape index (κ2) is 8.28.